The molecule has 1 atom stereocenters. The molecule has 3 rings (SSSR count). The standard InChI is InChI=1S/C21H33N3O/c1-17-4-2-3-15-24(17)16-19-5-8-20(9-6-19)23-21(25)10-7-18-11-13-22-14-12-18/h5-6,8-9,17-18,22H,2-4,7,10-16H2,1H3,(H,23,25). The summed E-state index contributed by atoms with van der Waals surface area (Å²) in [6, 6.07) is 9.09. The van der Waals surface area contributed by atoms with Gasteiger partial charge in [0.05, 0.1) is 0 Å². The van der Waals surface area contributed by atoms with Crippen molar-refractivity contribution in [3.8, 4) is 0 Å². The molecule has 1 amide bonds. The molecule has 25 heavy (non-hydrogen) atoms. The number of likely N-dealkylation sites (tertiary alicyclic amines) is 1. The Kier molecular flexibility index (Phi) is 6.88. The van der Waals surface area contributed by atoms with Gasteiger partial charge in [-0.3, -0.25) is 9.69 Å². The molecule has 4 heteroatoms. The molecule has 0 aromatic heterocycles. The van der Waals surface area contributed by atoms with Crippen LogP contribution in [0, 0.1) is 5.92 Å². The maximum Gasteiger partial charge on any atom is 0.224 e. The molecule has 1 aromatic rings. The quantitative estimate of drug-likeness (QED) is 0.826. The first-order valence-electron chi connectivity index (χ1n) is 10.0. The highest BCUT2D eigenvalue weighted by Gasteiger charge is 2.18. The number of hydrogen-bond donors (Lipinski definition) is 2. The summed E-state index contributed by atoms with van der Waals surface area (Å²) in [5.74, 6) is 0.858. The number of carbonyl (C=O) groups is 1. The summed E-state index contributed by atoms with van der Waals surface area (Å²) in [6.07, 6.45) is 8.05. The fourth-order valence-electron chi connectivity index (χ4n) is 4.05. The molecule has 0 spiro atoms. The van der Waals surface area contributed by atoms with Gasteiger partial charge in [-0.2, -0.15) is 0 Å². The molecule has 0 aliphatic carbocycles. The molecular weight excluding hydrogens is 310 g/mol. The zero-order valence-corrected chi connectivity index (χ0v) is 15.6. The van der Waals surface area contributed by atoms with Crippen molar-refractivity contribution in [2.45, 2.75) is 64.5 Å². The van der Waals surface area contributed by atoms with E-state index in [4.69, 9.17) is 0 Å². The fraction of sp³-hybridized carbons (Fsp3) is 0.667. The van der Waals surface area contributed by atoms with Crippen molar-refractivity contribution in [2.75, 3.05) is 25.0 Å². The molecule has 1 aromatic carbocycles. The summed E-state index contributed by atoms with van der Waals surface area (Å²) < 4.78 is 0. The average Bonchev–Trinajstić information content (AvgIpc) is 2.64. The summed E-state index contributed by atoms with van der Waals surface area (Å²) in [6.45, 7) is 6.75. The number of anilines is 1. The maximum atomic E-state index is 12.2. The molecule has 1 unspecified atom stereocenters. The number of carbonyl (C=O) groups excluding carboxylic acids is 1. The second-order valence-electron chi connectivity index (χ2n) is 7.79. The molecule has 2 saturated heterocycles. The van der Waals surface area contributed by atoms with Crippen LogP contribution in [0.25, 0.3) is 0 Å². The van der Waals surface area contributed by atoms with E-state index in [-0.39, 0.29) is 5.91 Å². The second-order valence-corrected chi connectivity index (χ2v) is 7.79. The largest absolute Gasteiger partial charge is 0.326 e. The minimum atomic E-state index is 0.149. The van der Waals surface area contributed by atoms with E-state index in [2.05, 4.69) is 34.6 Å². The summed E-state index contributed by atoms with van der Waals surface area (Å²) in [5.41, 5.74) is 2.26. The first-order valence-corrected chi connectivity index (χ1v) is 10.0. The third-order valence-electron chi connectivity index (χ3n) is 5.80. The van der Waals surface area contributed by atoms with Crippen LogP contribution in [0.1, 0.15) is 57.4 Å². The van der Waals surface area contributed by atoms with Crippen LogP contribution in [0.15, 0.2) is 24.3 Å². The first kappa shape index (κ1) is 18.4. The molecule has 2 fully saturated rings. The van der Waals surface area contributed by atoms with Crippen LogP contribution in [0.5, 0.6) is 0 Å². The van der Waals surface area contributed by atoms with Crippen LogP contribution in [-0.2, 0) is 11.3 Å². The molecule has 0 bridgehead atoms. The lowest BCUT2D eigenvalue weighted by Crippen LogP contribution is -2.36. The van der Waals surface area contributed by atoms with E-state index >= 15 is 0 Å². The number of nitrogens with zero attached hydrogens (tertiary/aromatic N) is 1. The predicted molar refractivity (Wildman–Crippen MR) is 104 cm³/mol. The maximum absolute atomic E-state index is 12.2. The molecule has 138 valence electrons. The topological polar surface area (TPSA) is 44.4 Å². The van der Waals surface area contributed by atoms with Crippen molar-refractivity contribution < 1.29 is 4.79 Å². The Labute approximate surface area is 152 Å². The molecule has 2 N–H and O–H groups in total. The van der Waals surface area contributed by atoms with E-state index in [0.717, 1.165) is 31.7 Å². The van der Waals surface area contributed by atoms with E-state index in [0.29, 0.717) is 18.4 Å². The Balaban J connectivity index is 1.42. The van der Waals surface area contributed by atoms with Crippen LogP contribution < -0.4 is 10.6 Å². The smallest absolute Gasteiger partial charge is 0.224 e. The van der Waals surface area contributed by atoms with Crippen LogP contribution in [0.3, 0.4) is 0 Å². The zero-order valence-electron chi connectivity index (χ0n) is 15.6. The molecule has 4 nitrogen and oxygen atoms in total. The molecule has 2 heterocycles. The summed E-state index contributed by atoms with van der Waals surface area (Å²) in [4.78, 5) is 14.7. The van der Waals surface area contributed by atoms with Gasteiger partial charge < -0.3 is 10.6 Å². The van der Waals surface area contributed by atoms with Crippen LogP contribution in [0.4, 0.5) is 5.69 Å². The van der Waals surface area contributed by atoms with Gasteiger partial charge in [0.2, 0.25) is 5.91 Å². The van der Waals surface area contributed by atoms with E-state index in [1.54, 1.807) is 0 Å². The lowest BCUT2D eigenvalue weighted by Gasteiger charge is -2.33. The van der Waals surface area contributed by atoms with Crippen molar-refractivity contribution in [2.24, 2.45) is 5.92 Å². The highest BCUT2D eigenvalue weighted by Crippen LogP contribution is 2.21. The monoisotopic (exact) mass is 343 g/mol. The van der Waals surface area contributed by atoms with Crippen molar-refractivity contribution in [1.82, 2.24) is 10.2 Å². The lowest BCUT2D eigenvalue weighted by molar-refractivity contribution is -0.116. The SMILES string of the molecule is CC1CCCCN1Cc1ccc(NC(=O)CCC2CCNCC2)cc1. The van der Waals surface area contributed by atoms with Gasteiger partial charge in [-0.1, -0.05) is 18.6 Å². The summed E-state index contributed by atoms with van der Waals surface area (Å²) >= 11 is 0. The van der Waals surface area contributed by atoms with Gasteiger partial charge in [0.15, 0.2) is 0 Å². The van der Waals surface area contributed by atoms with Gasteiger partial charge in [0.25, 0.3) is 0 Å². The van der Waals surface area contributed by atoms with Gasteiger partial charge in [-0.25, -0.2) is 0 Å². The number of benzene rings is 1. The Morgan fingerprint density at radius 3 is 2.64 bits per heavy atom. The van der Waals surface area contributed by atoms with Crippen LogP contribution in [-0.4, -0.2) is 36.5 Å². The number of piperidine rings is 2. The van der Waals surface area contributed by atoms with Crippen molar-refractivity contribution >= 4 is 11.6 Å². The fourth-order valence-corrected chi connectivity index (χ4v) is 4.05. The molecule has 2 aliphatic heterocycles. The Hall–Kier alpha value is -1.39. The number of nitrogens with one attached hydrogen (secondary N) is 2. The summed E-state index contributed by atoms with van der Waals surface area (Å²) in [7, 11) is 0. The van der Waals surface area contributed by atoms with Crippen molar-refractivity contribution in [1.29, 1.82) is 0 Å². The number of rotatable bonds is 6. The summed E-state index contributed by atoms with van der Waals surface area (Å²) in [5, 5.41) is 6.43. The van der Waals surface area contributed by atoms with E-state index < -0.39 is 0 Å². The molecular formula is C21H33N3O. The van der Waals surface area contributed by atoms with Gasteiger partial charge >= 0.3 is 0 Å². The highest BCUT2D eigenvalue weighted by atomic mass is 16.1. The molecule has 0 saturated carbocycles. The van der Waals surface area contributed by atoms with Crippen molar-refractivity contribution in [3.63, 3.8) is 0 Å². The Bertz CT molecular complexity index is 537. The Morgan fingerprint density at radius 2 is 1.92 bits per heavy atom. The number of amides is 1. The lowest BCUT2D eigenvalue weighted by atomic mass is 9.93. The van der Waals surface area contributed by atoms with Gasteiger partial charge in [-0.15, -0.1) is 0 Å². The molecule has 0 radical (unpaired) electrons. The van der Waals surface area contributed by atoms with E-state index in [1.165, 1.54) is 44.2 Å². The van der Waals surface area contributed by atoms with Crippen molar-refractivity contribution in [3.05, 3.63) is 29.8 Å². The third-order valence-corrected chi connectivity index (χ3v) is 5.80. The first-order chi connectivity index (χ1) is 12.2. The van der Waals surface area contributed by atoms with E-state index in [1.807, 2.05) is 12.1 Å². The van der Waals surface area contributed by atoms with Crippen LogP contribution >= 0.6 is 0 Å². The predicted octanol–water partition coefficient (Wildman–Crippen LogP) is 3.78. The van der Waals surface area contributed by atoms with Gasteiger partial charge in [-0.05, 0) is 82.3 Å². The average molecular weight is 344 g/mol. The van der Waals surface area contributed by atoms with Gasteiger partial charge in [0.1, 0.15) is 0 Å². The Morgan fingerprint density at radius 1 is 1.16 bits per heavy atom. The third kappa shape index (κ3) is 5.82. The molecule has 2 aliphatic rings. The normalized spacial score (nSPS) is 22.7. The van der Waals surface area contributed by atoms with E-state index in [9.17, 15) is 4.79 Å². The minimum absolute atomic E-state index is 0.149. The highest BCUT2D eigenvalue weighted by molar-refractivity contribution is 5.90. The second kappa shape index (κ2) is 9.35. The minimum Gasteiger partial charge on any atom is -0.326 e. The number of hydrogen-bond acceptors (Lipinski definition) is 3. The van der Waals surface area contributed by atoms with Gasteiger partial charge in [0, 0.05) is 24.7 Å². The zero-order chi connectivity index (χ0) is 17.5. The van der Waals surface area contributed by atoms with Crippen LogP contribution in [0.2, 0.25) is 0 Å².